The highest BCUT2D eigenvalue weighted by Gasteiger charge is 2.32. The monoisotopic (exact) mass is 575 g/mol. The summed E-state index contributed by atoms with van der Waals surface area (Å²) in [7, 11) is -7.34. The molecule has 0 aliphatic carbocycles. The first kappa shape index (κ1) is 28.1. The Labute approximate surface area is 229 Å². The molecule has 4 rings (SSSR count). The van der Waals surface area contributed by atoms with E-state index < -0.39 is 26.0 Å². The van der Waals surface area contributed by atoms with E-state index in [1.165, 1.54) is 28.6 Å². The SMILES string of the molecule is O=C(Nc1ccc(S(=O)(=O)Nc2ccccc2Cl)cc1)[C@@H]1CCCN(S(=O)(=O)CCCc2ccccc2)C1. The molecule has 3 aromatic rings. The van der Waals surface area contributed by atoms with Crippen molar-refractivity contribution in [3.05, 3.63) is 89.4 Å². The molecule has 1 aliphatic rings. The van der Waals surface area contributed by atoms with Crippen molar-refractivity contribution in [2.45, 2.75) is 30.6 Å². The molecule has 0 unspecified atom stereocenters. The number of nitrogens with one attached hydrogen (secondary N) is 2. The molecule has 3 aromatic carbocycles. The predicted molar refractivity (Wildman–Crippen MR) is 150 cm³/mol. The van der Waals surface area contributed by atoms with Gasteiger partial charge in [0, 0.05) is 18.8 Å². The maximum atomic E-state index is 12.9. The summed E-state index contributed by atoms with van der Waals surface area (Å²) >= 11 is 6.05. The largest absolute Gasteiger partial charge is 0.326 e. The molecule has 1 fully saturated rings. The zero-order chi connectivity index (χ0) is 27.2. The van der Waals surface area contributed by atoms with Gasteiger partial charge in [-0.05, 0) is 67.6 Å². The normalized spacial score (nSPS) is 16.6. The molecule has 0 aromatic heterocycles. The molecule has 0 radical (unpaired) electrons. The zero-order valence-corrected chi connectivity index (χ0v) is 23.1. The standard InChI is InChI=1S/C27H30ClN3O5S2/c28-25-12-4-5-13-26(25)30-38(35,36)24-16-14-23(15-17-24)29-27(32)22-11-6-18-31(20-22)37(33,34)19-7-10-21-8-2-1-3-9-21/h1-5,8-9,12-17,22,30H,6-7,10-11,18-20H2,(H,29,32)/t22-/m1/s1. The minimum Gasteiger partial charge on any atom is -0.326 e. The number of sulfonamides is 2. The molecular formula is C27H30ClN3O5S2. The molecule has 2 N–H and O–H groups in total. The molecule has 11 heteroatoms. The third-order valence-electron chi connectivity index (χ3n) is 6.41. The van der Waals surface area contributed by atoms with Crippen molar-refractivity contribution in [3.8, 4) is 0 Å². The van der Waals surface area contributed by atoms with Gasteiger partial charge in [0.05, 0.1) is 27.3 Å². The second-order valence-electron chi connectivity index (χ2n) is 9.20. The van der Waals surface area contributed by atoms with E-state index in [2.05, 4.69) is 10.0 Å². The quantitative estimate of drug-likeness (QED) is 0.362. The van der Waals surface area contributed by atoms with E-state index in [0.29, 0.717) is 37.9 Å². The Morgan fingerprint density at radius 2 is 1.61 bits per heavy atom. The molecule has 1 saturated heterocycles. The maximum absolute atomic E-state index is 12.9. The van der Waals surface area contributed by atoms with E-state index in [0.717, 1.165) is 5.56 Å². The van der Waals surface area contributed by atoms with Gasteiger partial charge < -0.3 is 5.32 Å². The van der Waals surface area contributed by atoms with Gasteiger partial charge in [-0.3, -0.25) is 9.52 Å². The molecule has 0 spiro atoms. The number of aryl methyl sites for hydroxylation is 1. The summed E-state index contributed by atoms with van der Waals surface area (Å²) in [6.45, 7) is 0.538. The minimum atomic E-state index is -3.87. The molecule has 1 amide bonds. The highest BCUT2D eigenvalue weighted by molar-refractivity contribution is 7.92. The van der Waals surface area contributed by atoms with Crippen molar-refractivity contribution in [2.75, 3.05) is 28.9 Å². The third kappa shape index (κ3) is 7.35. The van der Waals surface area contributed by atoms with Crippen molar-refractivity contribution < 1.29 is 21.6 Å². The second kappa shape index (κ2) is 12.3. The van der Waals surface area contributed by atoms with Gasteiger partial charge in [0.25, 0.3) is 10.0 Å². The van der Waals surface area contributed by atoms with E-state index in [1.807, 2.05) is 30.3 Å². The molecule has 1 atom stereocenters. The van der Waals surface area contributed by atoms with Gasteiger partial charge in [-0.1, -0.05) is 54.1 Å². The fourth-order valence-electron chi connectivity index (χ4n) is 4.35. The third-order valence-corrected chi connectivity index (χ3v) is 10.0. The molecule has 1 aliphatic heterocycles. The summed E-state index contributed by atoms with van der Waals surface area (Å²) in [5, 5.41) is 3.07. The Bertz CT molecular complexity index is 1460. The average Bonchev–Trinajstić information content (AvgIpc) is 2.91. The summed E-state index contributed by atoms with van der Waals surface area (Å²) in [4.78, 5) is 12.9. The molecule has 0 saturated carbocycles. The van der Waals surface area contributed by atoms with Gasteiger partial charge >= 0.3 is 0 Å². The van der Waals surface area contributed by atoms with Gasteiger partial charge in [-0.2, -0.15) is 0 Å². The van der Waals surface area contributed by atoms with Crippen LogP contribution in [0.25, 0.3) is 0 Å². The summed E-state index contributed by atoms with van der Waals surface area (Å²) in [5.74, 6) is -0.745. The average molecular weight is 576 g/mol. The summed E-state index contributed by atoms with van der Waals surface area (Å²) in [6, 6.07) is 22.0. The number of carbonyl (C=O) groups excluding carboxylic acids is 1. The first-order valence-electron chi connectivity index (χ1n) is 12.3. The number of rotatable bonds is 10. The lowest BCUT2D eigenvalue weighted by atomic mass is 9.99. The van der Waals surface area contributed by atoms with Crippen LogP contribution >= 0.6 is 11.6 Å². The number of halogens is 1. The molecular weight excluding hydrogens is 546 g/mol. The van der Waals surface area contributed by atoms with Crippen molar-refractivity contribution in [1.29, 1.82) is 0 Å². The highest BCUT2D eigenvalue weighted by Crippen LogP contribution is 2.25. The Kier molecular flexibility index (Phi) is 9.09. The fourth-order valence-corrected chi connectivity index (χ4v) is 7.25. The van der Waals surface area contributed by atoms with Crippen LogP contribution in [0.5, 0.6) is 0 Å². The lowest BCUT2D eigenvalue weighted by Gasteiger charge is -2.31. The van der Waals surface area contributed by atoms with Crippen LogP contribution in [0.4, 0.5) is 11.4 Å². The van der Waals surface area contributed by atoms with Crippen LogP contribution in [0.2, 0.25) is 5.02 Å². The van der Waals surface area contributed by atoms with Crippen LogP contribution in [0.3, 0.4) is 0 Å². The van der Waals surface area contributed by atoms with E-state index in [-0.39, 0.29) is 33.8 Å². The molecule has 202 valence electrons. The van der Waals surface area contributed by atoms with Crippen LogP contribution in [-0.2, 0) is 31.3 Å². The van der Waals surface area contributed by atoms with Gasteiger partial charge in [0.2, 0.25) is 15.9 Å². The number of carbonyl (C=O) groups is 1. The predicted octanol–water partition coefficient (Wildman–Crippen LogP) is 4.75. The molecule has 0 bridgehead atoms. The number of hydrogen-bond donors (Lipinski definition) is 2. The number of piperidine rings is 1. The summed E-state index contributed by atoms with van der Waals surface area (Å²) in [6.07, 6.45) is 2.37. The van der Waals surface area contributed by atoms with Crippen molar-refractivity contribution in [3.63, 3.8) is 0 Å². The number of hydrogen-bond acceptors (Lipinski definition) is 5. The van der Waals surface area contributed by atoms with Gasteiger partial charge in [0.15, 0.2) is 0 Å². The van der Waals surface area contributed by atoms with E-state index in [9.17, 15) is 21.6 Å². The Balaban J connectivity index is 1.32. The van der Waals surface area contributed by atoms with Gasteiger partial charge in [0.1, 0.15) is 0 Å². The number of anilines is 2. The second-order valence-corrected chi connectivity index (χ2v) is 13.4. The summed E-state index contributed by atoms with van der Waals surface area (Å²) in [5.41, 5.74) is 1.79. The Morgan fingerprint density at radius 1 is 0.921 bits per heavy atom. The maximum Gasteiger partial charge on any atom is 0.261 e. The van der Waals surface area contributed by atoms with Crippen LogP contribution in [-0.4, -0.2) is 45.9 Å². The lowest BCUT2D eigenvalue weighted by Crippen LogP contribution is -2.44. The molecule has 1 heterocycles. The first-order chi connectivity index (χ1) is 18.1. The highest BCUT2D eigenvalue weighted by atomic mass is 35.5. The number of para-hydroxylation sites is 1. The van der Waals surface area contributed by atoms with Gasteiger partial charge in [-0.15, -0.1) is 0 Å². The van der Waals surface area contributed by atoms with Crippen molar-refractivity contribution in [2.24, 2.45) is 5.92 Å². The number of benzene rings is 3. The van der Waals surface area contributed by atoms with Crippen LogP contribution in [0, 0.1) is 5.92 Å². The Hall–Kier alpha value is -2.92. The van der Waals surface area contributed by atoms with Crippen molar-refractivity contribution >= 4 is 48.9 Å². The summed E-state index contributed by atoms with van der Waals surface area (Å²) < 4.78 is 55.1. The fraction of sp³-hybridized carbons (Fsp3) is 0.296. The number of nitrogens with zero attached hydrogens (tertiary/aromatic N) is 1. The van der Waals surface area contributed by atoms with Gasteiger partial charge in [-0.25, -0.2) is 21.1 Å². The lowest BCUT2D eigenvalue weighted by molar-refractivity contribution is -0.120. The van der Waals surface area contributed by atoms with E-state index in [1.54, 1.807) is 24.3 Å². The first-order valence-corrected chi connectivity index (χ1v) is 15.8. The molecule has 8 nitrogen and oxygen atoms in total. The van der Waals surface area contributed by atoms with E-state index >= 15 is 0 Å². The smallest absolute Gasteiger partial charge is 0.261 e. The van der Waals surface area contributed by atoms with Crippen LogP contribution < -0.4 is 10.0 Å². The number of amides is 1. The van der Waals surface area contributed by atoms with Crippen LogP contribution in [0.15, 0.2) is 83.8 Å². The molecule has 38 heavy (non-hydrogen) atoms. The van der Waals surface area contributed by atoms with E-state index in [4.69, 9.17) is 11.6 Å². The minimum absolute atomic E-state index is 0.0147. The van der Waals surface area contributed by atoms with Crippen molar-refractivity contribution in [1.82, 2.24) is 4.31 Å². The topological polar surface area (TPSA) is 113 Å². The zero-order valence-electron chi connectivity index (χ0n) is 20.7. The van der Waals surface area contributed by atoms with Crippen LogP contribution in [0.1, 0.15) is 24.8 Å². The Morgan fingerprint density at radius 3 is 2.32 bits per heavy atom.